The number of sulfonamides is 1. The van der Waals surface area contributed by atoms with Crippen molar-refractivity contribution >= 4 is 48.7 Å². The third-order valence-electron chi connectivity index (χ3n) is 2.37. The van der Waals surface area contributed by atoms with Gasteiger partial charge in [-0.2, -0.15) is 0 Å². The molecule has 0 spiro atoms. The Morgan fingerprint density at radius 2 is 2.05 bits per heavy atom. The van der Waals surface area contributed by atoms with Crippen LogP contribution in [-0.2, 0) is 10.0 Å². The zero-order valence-electron chi connectivity index (χ0n) is 9.78. The number of benzene rings is 1. The van der Waals surface area contributed by atoms with E-state index >= 15 is 0 Å². The molecule has 0 amide bonds. The third-order valence-corrected chi connectivity index (χ3v) is 5.54. The van der Waals surface area contributed by atoms with Crippen molar-refractivity contribution in [2.75, 3.05) is 10.5 Å². The number of anilines is 2. The molecule has 2 aromatic rings. The first-order valence-electron chi connectivity index (χ1n) is 5.13. The largest absolute Gasteiger partial charge is 0.399 e. The molecule has 0 aliphatic heterocycles. The van der Waals surface area contributed by atoms with Crippen molar-refractivity contribution in [2.24, 2.45) is 0 Å². The Morgan fingerprint density at radius 3 is 2.63 bits per heavy atom. The number of rotatable bonds is 3. The molecule has 0 atom stereocenters. The number of thiophene rings is 1. The first kappa shape index (κ1) is 14.3. The molecule has 0 aliphatic carbocycles. The van der Waals surface area contributed by atoms with Crippen LogP contribution in [0.2, 0.25) is 0 Å². The summed E-state index contributed by atoms with van der Waals surface area (Å²) in [5, 5.41) is 0. The van der Waals surface area contributed by atoms with E-state index in [1.54, 1.807) is 6.92 Å². The summed E-state index contributed by atoms with van der Waals surface area (Å²) in [5.74, 6) is -0.676. The lowest BCUT2D eigenvalue weighted by molar-refractivity contribution is 0.598. The van der Waals surface area contributed by atoms with E-state index in [2.05, 4.69) is 20.7 Å². The molecule has 0 bridgehead atoms. The maximum absolute atomic E-state index is 13.5. The maximum atomic E-state index is 13.5. The lowest BCUT2D eigenvalue weighted by Gasteiger charge is -2.09. The normalized spacial score (nSPS) is 11.5. The minimum atomic E-state index is -3.83. The monoisotopic (exact) mass is 364 g/mol. The van der Waals surface area contributed by atoms with Gasteiger partial charge in [0.2, 0.25) is 0 Å². The highest BCUT2D eigenvalue weighted by Crippen LogP contribution is 2.31. The lowest BCUT2D eigenvalue weighted by Crippen LogP contribution is -2.14. The third kappa shape index (κ3) is 3.07. The summed E-state index contributed by atoms with van der Waals surface area (Å²) < 4.78 is 40.8. The summed E-state index contributed by atoms with van der Waals surface area (Å²) in [6.45, 7) is 1.68. The van der Waals surface area contributed by atoms with E-state index in [4.69, 9.17) is 5.73 Å². The number of hydrogen-bond donors (Lipinski definition) is 2. The van der Waals surface area contributed by atoms with Gasteiger partial charge in [0.15, 0.2) is 0 Å². The Labute approximate surface area is 122 Å². The second kappa shape index (κ2) is 5.10. The Balaban J connectivity index is 2.42. The van der Waals surface area contributed by atoms with Crippen molar-refractivity contribution in [3.63, 3.8) is 0 Å². The SMILES string of the molecule is Cc1sc(Br)cc1S(=O)(=O)Nc1cc(N)ccc1F. The van der Waals surface area contributed by atoms with Crippen molar-refractivity contribution in [3.05, 3.63) is 38.7 Å². The van der Waals surface area contributed by atoms with Crippen LogP contribution in [0, 0.1) is 12.7 Å². The molecule has 8 heteroatoms. The topological polar surface area (TPSA) is 72.2 Å². The quantitative estimate of drug-likeness (QED) is 0.820. The molecule has 2 rings (SSSR count). The van der Waals surface area contributed by atoms with Crippen molar-refractivity contribution in [3.8, 4) is 0 Å². The van der Waals surface area contributed by atoms with Crippen molar-refractivity contribution < 1.29 is 12.8 Å². The molecule has 4 nitrogen and oxygen atoms in total. The molecule has 19 heavy (non-hydrogen) atoms. The van der Waals surface area contributed by atoms with Gasteiger partial charge in [-0.15, -0.1) is 11.3 Å². The zero-order valence-corrected chi connectivity index (χ0v) is 13.0. The molecule has 0 unspecified atom stereocenters. The average molecular weight is 365 g/mol. The number of nitrogens with one attached hydrogen (secondary N) is 1. The van der Waals surface area contributed by atoms with E-state index in [1.165, 1.54) is 29.5 Å². The second-order valence-electron chi connectivity index (χ2n) is 3.82. The smallest absolute Gasteiger partial charge is 0.263 e. The molecular formula is C11H10BrFN2O2S2. The molecule has 1 heterocycles. The average Bonchev–Trinajstić information content (AvgIpc) is 2.63. The van der Waals surface area contributed by atoms with Gasteiger partial charge in [-0.05, 0) is 47.1 Å². The van der Waals surface area contributed by atoms with Crippen LogP contribution in [0.15, 0.2) is 32.9 Å². The fourth-order valence-corrected chi connectivity index (χ4v) is 4.99. The van der Waals surface area contributed by atoms with Crippen molar-refractivity contribution in [2.45, 2.75) is 11.8 Å². The highest BCUT2D eigenvalue weighted by Gasteiger charge is 2.21. The maximum Gasteiger partial charge on any atom is 0.263 e. The molecule has 1 aromatic carbocycles. The van der Waals surface area contributed by atoms with Gasteiger partial charge in [-0.25, -0.2) is 12.8 Å². The predicted octanol–water partition coefficient (Wildman–Crippen LogP) is 3.34. The molecule has 0 fully saturated rings. The Hall–Kier alpha value is -1.12. The summed E-state index contributed by atoms with van der Waals surface area (Å²) in [6, 6.07) is 5.19. The minimum absolute atomic E-state index is 0.117. The fourth-order valence-electron chi connectivity index (χ4n) is 1.52. The van der Waals surface area contributed by atoms with Gasteiger partial charge < -0.3 is 5.73 Å². The predicted molar refractivity (Wildman–Crippen MR) is 78.4 cm³/mol. The van der Waals surface area contributed by atoms with Crippen LogP contribution in [0.1, 0.15) is 4.88 Å². The summed E-state index contributed by atoms with van der Waals surface area (Å²) in [4.78, 5) is 0.731. The van der Waals surface area contributed by atoms with Gasteiger partial charge >= 0.3 is 0 Å². The van der Waals surface area contributed by atoms with Crippen LogP contribution < -0.4 is 10.5 Å². The molecule has 0 radical (unpaired) electrons. The van der Waals surface area contributed by atoms with Gasteiger partial charge in [-0.3, -0.25) is 4.72 Å². The van der Waals surface area contributed by atoms with Crippen LogP contribution in [0.25, 0.3) is 0 Å². The molecule has 0 saturated carbocycles. The number of nitrogen functional groups attached to an aromatic ring is 1. The number of nitrogens with two attached hydrogens (primary N) is 1. The Morgan fingerprint density at radius 1 is 1.37 bits per heavy atom. The van der Waals surface area contributed by atoms with E-state index in [-0.39, 0.29) is 16.3 Å². The summed E-state index contributed by atoms with van der Waals surface area (Å²) >= 11 is 4.51. The summed E-state index contributed by atoms with van der Waals surface area (Å²) in [7, 11) is -3.83. The number of aryl methyl sites for hydroxylation is 1. The van der Waals surface area contributed by atoms with Crippen LogP contribution in [0.4, 0.5) is 15.8 Å². The van der Waals surface area contributed by atoms with E-state index in [9.17, 15) is 12.8 Å². The Kier molecular flexibility index (Phi) is 3.84. The lowest BCUT2D eigenvalue weighted by atomic mass is 10.3. The minimum Gasteiger partial charge on any atom is -0.399 e. The molecule has 1 aromatic heterocycles. The fraction of sp³-hybridized carbons (Fsp3) is 0.0909. The molecule has 102 valence electrons. The highest BCUT2D eigenvalue weighted by molar-refractivity contribution is 9.11. The van der Waals surface area contributed by atoms with Crippen LogP contribution in [0.3, 0.4) is 0 Å². The second-order valence-corrected chi connectivity index (χ2v) is 8.10. The van der Waals surface area contributed by atoms with Gasteiger partial charge in [0.1, 0.15) is 10.7 Å². The Bertz CT molecular complexity index is 728. The first-order valence-corrected chi connectivity index (χ1v) is 8.22. The summed E-state index contributed by atoms with van der Waals surface area (Å²) in [5.41, 5.74) is 5.63. The van der Waals surface area contributed by atoms with Crippen molar-refractivity contribution in [1.29, 1.82) is 0 Å². The standard InChI is InChI=1S/C11H10BrFN2O2S2/c1-6-10(5-11(12)18-6)19(16,17)15-9-4-7(14)2-3-8(9)13/h2-5,15H,14H2,1H3. The van der Waals surface area contributed by atoms with Crippen LogP contribution >= 0.6 is 27.3 Å². The molecular weight excluding hydrogens is 355 g/mol. The molecule has 3 N–H and O–H groups in total. The summed E-state index contributed by atoms with van der Waals surface area (Å²) in [6.07, 6.45) is 0. The van der Waals surface area contributed by atoms with E-state index in [0.717, 1.165) is 6.07 Å². The highest BCUT2D eigenvalue weighted by atomic mass is 79.9. The van der Waals surface area contributed by atoms with Crippen LogP contribution in [-0.4, -0.2) is 8.42 Å². The first-order chi connectivity index (χ1) is 8.79. The van der Waals surface area contributed by atoms with E-state index in [1.807, 2.05) is 0 Å². The molecule has 0 saturated heterocycles. The zero-order chi connectivity index (χ0) is 14.2. The number of hydrogen-bond acceptors (Lipinski definition) is 4. The van der Waals surface area contributed by atoms with Gasteiger partial charge in [0.05, 0.1) is 9.47 Å². The van der Waals surface area contributed by atoms with Gasteiger partial charge in [0, 0.05) is 10.6 Å². The van der Waals surface area contributed by atoms with E-state index < -0.39 is 15.8 Å². The number of halogens is 2. The van der Waals surface area contributed by atoms with Gasteiger partial charge in [0.25, 0.3) is 10.0 Å². The van der Waals surface area contributed by atoms with E-state index in [0.29, 0.717) is 8.66 Å². The molecule has 0 aliphatic rings. The van der Waals surface area contributed by atoms with Crippen molar-refractivity contribution in [1.82, 2.24) is 0 Å². The van der Waals surface area contributed by atoms with Crippen LogP contribution in [0.5, 0.6) is 0 Å². The van der Waals surface area contributed by atoms with Gasteiger partial charge in [-0.1, -0.05) is 0 Å².